The molecule has 3 rings (SSSR count). The molecule has 0 radical (unpaired) electrons. The fraction of sp³-hybridized carbons (Fsp3) is 0.476. The number of hydrogen-bond donors (Lipinski definition) is 2. The van der Waals surface area contributed by atoms with Crippen LogP contribution < -0.4 is 5.73 Å². The lowest BCUT2D eigenvalue weighted by Crippen LogP contribution is -2.17. The van der Waals surface area contributed by atoms with E-state index in [-0.39, 0.29) is 18.3 Å². The van der Waals surface area contributed by atoms with Crippen molar-refractivity contribution in [2.24, 2.45) is 5.73 Å². The molecule has 3 N–H and O–H groups in total. The van der Waals surface area contributed by atoms with Crippen molar-refractivity contribution in [3.05, 3.63) is 41.8 Å². The molecule has 0 saturated carbocycles. The van der Waals surface area contributed by atoms with Gasteiger partial charge in [0.1, 0.15) is 0 Å². The van der Waals surface area contributed by atoms with Crippen LogP contribution in [0, 0.1) is 5.41 Å². The summed E-state index contributed by atoms with van der Waals surface area (Å²) in [5.41, 5.74) is 7.97. The second-order valence-electron chi connectivity index (χ2n) is 6.35. The summed E-state index contributed by atoms with van der Waals surface area (Å²) in [6, 6.07) is 8.27. The summed E-state index contributed by atoms with van der Waals surface area (Å²) in [4.78, 5) is 6.51. The molecule has 2 heterocycles. The molecule has 29 heavy (non-hydrogen) atoms. The second-order valence-corrected chi connectivity index (χ2v) is 6.35. The number of nitrogens with one attached hydrogen (secondary N) is 1. The Kier molecular flexibility index (Phi) is 13.6. The zero-order chi connectivity index (χ0) is 20.9. The summed E-state index contributed by atoms with van der Waals surface area (Å²) in [5.74, 6) is 1.54. The molecule has 1 fully saturated rings. The van der Waals surface area contributed by atoms with E-state index in [1.165, 1.54) is 24.5 Å². The van der Waals surface area contributed by atoms with E-state index in [1.54, 1.807) is 14.2 Å². The number of rotatable bonds is 5. The first-order valence-electron chi connectivity index (χ1n) is 9.46. The topological polar surface area (TPSA) is 101 Å². The number of methoxy groups -OCH3 is 1. The highest BCUT2D eigenvalue weighted by Gasteiger charge is 2.27. The maximum Gasteiger partial charge on any atom is 0.231 e. The van der Waals surface area contributed by atoms with Gasteiger partial charge in [0.05, 0.1) is 12.3 Å². The number of hydrogen-bond acceptors (Lipinski definition) is 6. The van der Waals surface area contributed by atoms with Crippen molar-refractivity contribution in [2.45, 2.75) is 32.6 Å². The van der Waals surface area contributed by atoms with Crippen molar-refractivity contribution in [1.82, 2.24) is 15.0 Å². The van der Waals surface area contributed by atoms with E-state index in [4.69, 9.17) is 9.93 Å². The number of nitrogens with two attached hydrogens (primary N) is 1. The molecule has 1 aliphatic rings. The first kappa shape index (κ1) is 26.8. The van der Waals surface area contributed by atoms with E-state index < -0.39 is 0 Å². The molecule has 0 amide bonds. The molecule has 2 aromatic rings. The number of aromatic nitrogens is 2. The van der Waals surface area contributed by atoms with Crippen LogP contribution in [-0.4, -0.2) is 55.7 Å². The molecule has 1 aromatic heterocycles. The van der Waals surface area contributed by atoms with E-state index in [1.807, 2.05) is 17.0 Å². The van der Waals surface area contributed by atoms with Gasteiger partial charge in [-0.3, -0.25) is 5.41 Å². The molecular weight excluding hydrogens is 390 g/mol. The van der Waals surface area contributed by atoms with E-state index in [2.05, 4.69) is 52.7 Å². The Balaban J connectivity index is 0.00000120. The molecule has 0 aliphatic carbocycles. The Morgan fingerprint density at radius 2 is 1.93 bits per heavy atom. The molecule has 8 heteroatoms. The molecule has 1 unspecified atom stereocenters. The highest BCUT2D eigenvalue weighted by Crippen LogP contribution is 2.27. The van der Waals surface area contributed by atoms with Crippen LogP contribution in [-0.2, 0) is 4.74 Å². The number of nitrogens with zero attached hydrogens (tertiary/aromatic N) is 3. The first-order valence-corrected chi connectivity index (χ1v) is 9.46. The molecule has 1 atom stereocenters. The van der Waals surface area contributed by atoms with Crippen molar-refractivity contribution in [3.8, 4) is 11.4 Å². The summed E-state index contributed by atoms with van der Waals surface area (Å²) in [6.07, 6.45) is 5.59. The SMILES string of the molecule is CC/C=C(\C)c1ccc(-c2noc(C3CCN(C=N)C3)n2)cc1.CN.COC.Cl. The molecule has 162 valence electrons. The monoisotopic (exact) mass is 423 g/mol. The van der Waals surface area contributed by atoms with E-state index in [9.17, 15) is 0 Å². The summed E-state index contributed by atoms with van der Waals surface area (Å²) in [6.45, 7) is 5.93. The third-order valence-electron chi connectivity index (χ3n) is 4.30. The predicted molar refractivity (Wildman–Crippen MR) is 122 cm³/mol. The minimum absolute atomic E-state index is 0. The van der Waals surface area contributed by atoms with Gasteiger partial charge >= 0.3 is 0 Å². The Morgan fingerprint density at radius 3 is 2.45 bits per heavy atom. The fourth-order valence-corrected chi connectivity index (χ4v) is 2.93. The molecule has 0 bridgehead atoms. The lowest BCUT2D eigenvalue weighted by molar-refractivity contribution is 0.277. The van der Waals surface area contributed by atoms with Crippen LogP contribution in [0.3, 0.4) is 0 Å². The standard InChI is InChI=1S/C18H22N4O.C2H6O.CH5N.ClH/c1-3-4-13(2)14-5-7-15(8-6-14)17-20-18(23-21-17)16-9-10-22(11-16)12-19;1-3-2;1-2;/h4-8,12,16,19H,3,9-11H2,1-2H3;1-2H3;2H2,1H3;1H/b13-4+,19-12?;;;. The van der Waals surface area contributed by atoms with Crippen molar-refractivity contribution in [3.63, 3.8) is 0 Å². The van der Waals surface area contributed by atoms with Gasteiger partial charge in [-0.25, -0.2) is 0 Å². The third kappa shape index (κ3) is 7.97. The Labute approximate surface area is 180 Å². The number of likely N-dealkylation sites (tertiary alicyclic amines) is 1. The van der Waals surface area contributed by atoms with Crippen LogP contribution in [0.15, 0.2) is 34.9 Å². The highest BCUT2D eigenvalue weighted by molar-refractivity contribution is 5.85. The Morgan fingerprint density at radius 1 is 1.31 bits per heavy atom. The zero-order valence-corrected chi connectivity index (χ0v) is 18.8. The van der Waals surface area contributed by atoms with Crippen LogP contribution in [0.2, 0.25) is 0 Å². The van der Waals surface area contributed by atoms with Gasteiger partial charge < -0.3 is 19.9 Å². The molecule has 1 saturated heterocycles. The van der Waals surface area contributed by atoms with Crippen molar-refractivity contribution < 1.29 is 9.26 Å². The quantitative estimate of drug-likeness (QED) is 0.551. The van der Waals surface area contributed by atoms with Gasteiger partial charge in [-0.1, -0.05) is 42.4 Å². The number of benzene rings is 1. The molecule has 7 nitrogen and oxygen atoms in total. The van der Waals surface area contributed by atoms with Gasteiger partial charge in [-0.2, -0.15) is 4.98 Å². The average molecular weight is 424 g/mol. The van der Waals surface area contributed by atoms with E-state index in [0.29, 0.717) is 11.7 Å². The number of allylic oxidation sites excluding steroid dienone is 2. The maximum absolute atomic E-state index is 7.31. The largest absolute Gasteiger partial charge is 0.388 e. The highest BCUT2D eigenvalue weighted by atomic mass is 35.5. The van der Waals surface area contributed by atoms with Crippen LogP contribution in [0.1, 0.15) is 44.1 Å². The maximum atomic E-state index is 7.31. The van der Waals surface area contributed by atoms with Crippen LogP contribution in [0.4, 0.5) is 0 Å². The second kappa shape index (κ2) is 14.7. The summed E-state index contributed by atoms with van der Waals surface area (Å²) < 4.78 is 9.69. The zero-order valence-electron chi connectivity index (χ0n) is 18.0. The van der Waals surface area contributed by atoms with E-state index in [0.717, 1.165) is 31.5 Å². The summed E-state index contributed by atoms with van der Waals surface area (Å²) in [7, 11) is 4.75. The first-order chi connectivity index (χ1) is 13.6. The minimum Gasteiger partial charge on any atom is -0.388 e. The number of halogens is 1. The van der Waals surface area contributed by atoms with Crippen molar-refractivity contribution in [2.75, 3.05) is 34.4 Å². The van der Waals surface area contributed by atoms with Crippen molar-refractivity contribution >= 4 is 24.3 Å². The van der Waals surface area contributed by atoms with Crippen LogP contribution >= 0.6 is 12.4 Å². The van der Waals surface area contributed by atoms with E-state index >= 15 is 0 Å². The Hall–Kier alpha value is -2.22. The van der Waals surface area contributed by atoms with Crippen molar-refractivity contribution in [1.29, 1.82) is 5.41 Å². The molecular formula is C21H34ClN5O2. The summed E-state index contributed by atoms with van der Waals surface area (Å²) in [5, 5.41) is 11.4. The molecule has 1 aliphatic heterocycles. The predicted octanol–water partition coefficient (Wildman–Crippen LogP) is 4.21. The Bertz CT molecular complexity index is 731. The van der Waals surface area contributed by atoms with Gasteiger partial charge in [-0.15, -0.1) is 12.4 Å². The third-order valence-corrected chi connectivity index (χ3v) is 4.30. The normalized spacial score (nSPS) is 15.4. The van der Waals surface area contributed by atoms with Gasteiger partial charge in [0.15, 0.2) is 0 Å². The average Bonchev–Trinajstić information content (AvgIpc) is 3.40. The summed E-state index contributed by atoms with van der Waals surface area (Å²) >= 11 is 0. The van der Waals surface area contributed by atoms with Crippen LogP contribution in [0.25, 0.3) is 17.0 Å². The minimum atomic E-state index is 0. The fourth-order valence-electron chi connectivity index (χ4n) is 2.93. The van der Waals surface area contributed by atoms with Gasteiger partial charge in [0, 0.05) is 32.9 Å². The lowest BCUT2D eigenvalue weighted by atomic mass is 10.0. The molecule has 1 aromatic carbocycles. The number of ether oxygens (including phenoxy) is 1. The van der Waals surface area contributed by atoms with Gasteiger partial charge in [0.25, 0.3) is 0 Å². The van der Waals surface area contributed by atoms with Crippen LogP contribution in [0.5, 0.6) is 0 Å². The molecule has 0 spiro atoms. The van der Waals surface area contributed by atoms with Gasteiger partial charge in [0.2, 0.25) is 11.7 Å². The van der Waals surface area contributed by atoms with Gasteiger partial charge in [-0.05, 0) is 37.9 Å². The smallest absolute Gasteiger partial charge is 0.231 e. The lowest BCUT2D eigenvalue weighted by Gasteiger charge is -2.08.